The summed E-state index contributed by atoms with van der Waals surface area (Å²) in [6.07, 6.45) is 0. The predicted octanol–water partition coefficient (Wildman–Crippen LogP) is 7.00. The van der Waals surface area contributed by atoms with Gasteiger partial charge in [0.05, 0.1) is 24.7 Å². The van der Waals surface area contributed by atoms with Crippen LogP contribution in [-0.4, -0.2) is 26.2 Å². The Morgan fingerprint density at radius 1 is 0.800 bits per heavy atom. The molecule has 0 atom stereocenters. The van der Waals surface area contributed by atoms with Gasteiger partial charge in [0.1, 0.15) is 11.5 Å². The molecule has 0 aliphatic heterocycles. The number of ether oxygens (including phenoxy) is 3. The lowest BCUT2D eigenvalue weighted by Crippen LogP contribution is -2.08. The van der Waals surface area contributed by atoms with E-state index >= 15 is 0 Å². The van der Waals surface area contributed by atoms with E-state index in [1.165, 1.54) is 14.0 Å². The number of rotatable bonds is 6. The average Bonchev–Trinajstić information content (AvgIpc) is 2.85. The Morgan fingerprint density at radius 2 is 1.49 bits per heavy atom. The van der Waals surface area contributed by atoms with Gasteiger partial charge in [0.25, 0.3) is 0 Å². The zero-order valence-corrected chi connectivity index (χ0v) is 21.1. The molecule has 0 radical (unpaired) electrons. The van der Waals surface area contributed by atoms with E-state index in [0.29, 0.717) is 22.3 Å². The predicted molar refractivity (Wildman–Crippen MR) is 139 cm³/mol. The summed E-state index contributed by atoms with van der Waals surface area (Å²) in [5.41, 5.74) is 4.18. The van der Waals surface area contributed by atoms with Crippen LogP contribution in [0.4, 0.5) is 0 Å². The monoisotopic (exact) mass is 486 g/mol. The quantitative estimate of drug-likeness (QED) is 0.216. The number of carbonyl (C=O) groups excluding carboxylic acids is 2. The van der Waals surface area contributed by atoms with Crippen LogP contribution >= 0.6 is 11.8 Å². The summed E-state index contributed by atoms with van der Waals surface area (Å²) < 4.78 is 16.4. The number of esters is 2. The first-order chi connectivity index (χ1) is 16.8. The van der Waals surface area contributed by atoms with E-state index in [1.807, 2.05) is 48.5 Å². The fraction of sp³-hybridized carbons (Fsp3) is 0.172. The third kappa shape index (κ3) is 4.88. The summed E-state index contributed by atoms with van der Waals surface area (Å²) in [6, 6.07) is 21.2. The number of hydrogen-bond acceptors (Lipinski definition) is 6. The lowest BCUT2D eigenvalue weighted by atomic mass is 9.92. The van der Waals surface area contributed by atoms with E-state index in [-0.39, 0.29) is 5.75 Å². The van der Waals surface area contributed by atoms with Gasteiger partial charge in [-0.2, -0.15) is 0 Å². The molecule has 0 aliphatic rings. The van der Waals surface area contributed by atoms with Gasteiger partial charge in [-0.3, -0.25) is 4.79 Å². The van der Waals surface area contributed by atoms with Gasteiger partial charge in [-0.25, -0.2) is 4.79 Å². The zero-order chi connectivity index (χ0) is 25.1. The second-order valence-corrected chi connectivity index (χ2v) is 9.17. The van der Waals surface area contributed by atoms with Crippen LogP contribution < -0.4 is 9.47 Å². The SMILES string of the molecule is COC(=O)c1cc(OC(C)=O)c2cc(OC)c(Sc3c(C)cccc3C)cc2c1-c1ccccc1. The summed E-state index contributed by atoms with van der Waals surface area (Å²) in [6.45, 7) is 5.48. The number of methoxy groups -OCH3 is 2. The van der Waals surface area contributed by atoms with Gasteiger partial charge in [0.15, 0.2) is 0 Å². The highest BCUT2D eigenvalue weighted by atomic mass is 32.2. The molecule has 6 heteroatoms. The highest BCUT2D eigenvalue weighted by molar-refractivity contribution is 7.99. The van der Waals surface area contributed by atoms with E-state index < -0.39 is 11.9 Å². The van der Waals surface area contributed by atoms with E-state index in [4.69, 9.17) is 14.2 Å². The first kappa shape index (κ1) is 24.4. The van der Waals surface area contributed by atoms with E-state index in [2.05, 4.69) is 26.0 Å². The molecule has 0 saturated heterocycles. The molecule has 178 valence electrons. The van der Waals surface area contributed by atoms with Crippen LogP contribution in [0.3, 0.4) is 0 Å². The third-order valence-electron chi connectivity index (χ3n) is 5.73. The summed E-state index contributed by atoms with van der Waals surface area (Å²) in [7, 11) is 2.95. The van der Waals surface area contributed by atoms with Crippen molar-refractivity contribution in [1.82, 2.24) is 0 Å². The van der Waals surface area contributed by atoms with Crippen molar-refractivity contribution in [1.29, 1.82) is 0 Å². The fourth-order valence-electron chi connectivity index (χ4n) is 4.13. The first-order valence-electron chi connectivity index (χ1n) is 11.1. The topological polar surface area (TPSA) is 61.8 Å². The maximum atomic E-state index is 12.9. The molecular formula is C29H26O5S. The van der Waals surface area contributed by atoms with Gasteiger partial charge in [0.2, 0.25) is 0 Å². The van der Waals surface area contributed by atoms with Crippen molar-refractivity contribution >= 4 is 34.5 Å². The molecule has 0 spiro atoms. The number of aryl methyl sites for hydroxylation is 2. The lowest BCUT2D eigenvalue weighted by molar-refractivity contribution is -0.131. The molecule has 4 aromatic carbocycles. The second-order valence-electron chi connectivity index (χ2n) is 8.12. The number of carbonyl (C=O) groups is 2. The summed E-state index contributed by atoms with van der Waals surface area (Å²) >= 11 is 1.60. The maximum absolute atomic E-state index is 12.9. The molecule has 4 aromatic rings. The van der Waals surface area contributed by atoms with Gasteiger partial charge in [-0.15, -0.1) is 0 Å². The fourth-order valence-corrected chi connectivity index (χ4v) is 5.23. The Kier molecular flexibility index (Phi) is 7.12. The van der Waals surface area contributed by atoms with Gasteiger partial charge in [-0.05, 0) is 54.1 Å². The van der Waals surface area contributed by atoms with E-state index in [0.717, 1.165) is 31.9 Å². The second kappa shape index (κ2) is 10.2. The first-order valence-corrected chi connectivity index (χ1v) is 11.9. The standard InChI is InChI=1S/C29H26O5S/c1-17-10-9-11-18(2)28(17)35-26-16-22-21(14-25(26)32-4)24(34-19(3)30)15-23(29(31)33-5)27(22)20-12-7-6-8-13-20/h6-16H,1-5H3. The Labute approximate surface area is 209 Å². The van der Waals surface area contributed by atoms with Crippen LogP contribution in [0, 0.1) is 13.8 Å². The Morgan fingerprint density at radius 3 is 2.09 bits per heavy atom. The lowest BCUT2D eigenvalue weighted by Gasteiger charge is -2.19. The summed E-state index contributed by atoms with van der Waals surface area (Å²) in [5, 5.41) is 1.42. The van der Waals surface area contributed by atoms with Gasteiger partial charge >= 0.3 is 11.9 Å². The van der Waals surface area contributed by atoms with Crippen molar-refractivity contribution in [2.24, 2.45) is 0 Å². The normalized spacial score (nSPS) is 10.8. The molecule has 5 nitrogen and oxygen atoms in total. The highest BCUT2D eigenvalue weighted by Gasteiger charge is 2.23. The van der Waals surface area contributed by atoms with Gasteiger partial charge in [-0.1, -0.05) is 60.3 Å². The molecule has 0 heterocycles. The molecule has 0 amide bonds. The number of benzene rings is 4. The van der Waals surface area contributed by atoms with Gasteiger partial charge in [0, 0.05) is 22.8 Å². The molecule has 0 bridgehead atoms. The minimum atomic E-state index is -0.515. The average molecular weight is 487 g/mol. The number of hydrogen-bond donors (Lipinski definition) is 0. The van der Waals surface area contributed by atoms with Crippen LogP contribution in [-0.2, 0) is 9.53 Å². The Hall–Kier alpha value is -3.77. The van der Waals surface area contributed by atoms with Crippen molar-refractivity contribution in [3.05, 3.63) is 83.4 Å². The summed E-state index contributed by atoms with van der Waals surface area (Å²) in [5.74, 6) is -0.0839. The van der Waals surface area contributed by atoms with E-state index in [9.17, 15) is 9.59 Å². The molecule has 35 heavy (non-hydrogen) atoms. The van der Waals surface area contributed by atoms with Crippen LogP contribution in [0.2, 0.25) is 0 Å². The minimum Gasteiger partial charge on any atom is -0.496 e. The zero-order valence-electron chi connectivity index (χ0n) is 20.3. The molecule has 0 saturated carbocycles. The molecule has 4 rings (SSSR count). The molecule has 0 fully saturated rings. The van der Waals surface area contributed by atoms with Crippen LogP contribution in [0.5, 0.6) is 11.5 Å². The van der Waals surface area contributed by atoms with Crippen molar-refractivity contribution in [2.45, 2.75) is 30.6 Å². The van der Waals surface area contributed by atoms with Crippen molar-refractivity contribution in [3.8, 4) is 22.6 Å². The molecule has 0 unspecified atom stereocenters. The molecule has 0 aliphatic carbocycles. The third-order valence-corrected chi connectivity index (χ3v) is 7.11. The maximum Gasteiger partial charge on any atom is 0.338 e. The molecular weight excluding hydrogens is 460 g/mol. The molecule has 0 aromatic heterocycles. The smallest absolute Gasteiger partial charge is 0.338 e. The van der Waals surface area contributed by atoms with Crippen molar-refractivity contribution in [2.75, 3.05) is 14.2 Å². The van der Waals surface area contributed by atoms with Crippen LogP contribution in [0.15, 0.2) is 76.5 Å². The van der Waals surface area contributed by atoms with Crippen LogP contribution in [0.25, 0.3) is 21.9 Å². The highest BCUT2D eigenvalue weighted by Crippen LogP contribution is 2.46. The number of fused-ring (bicyclic) bond motifs is 1. The Bertz CT molecular complexity index is 1410. The Balaban J connectivity index is 2.09. The van der Waals surface area contributed by atoms with Crippen LogP contribution in [0.1, 0.15) is 28.4 Å². The summed E-state index contributed by atoms with van der Waals surface area (Å²) in [4.78, 5) is 26.8. The molecule has 0 N–H and O–H groups in total. The van der Waals surface area contributed by atoms with Gasteiger partial charge < -0.3 is 14.2 Å². The largest absolute Gasteiger partial charge is 0.496 e. The van der Waals surface area contributed by atoms with Crippen molar-refractivity contribution < 1.29 is 23.8 Å². The van der Waals surface area contributed by atoms with E-state index in [1.54, 1.807) is 24.9 Å². The van der Waals surface area contributed by atoms with Crippen molar-refractivity contribution in [3.63, 3.8) is 0 Å². The minimum absolute atomic E-state index is 0.273.